The maximum atomic E-state index is 13.7. The zero-order chi connectivity index (χ0) is 25.5. The van der Waals surface area contributed by atoms with Crippen molar-refractivity contribution in [1.29, 1.82) is 0 Å². The molecule has 8 heteroatoms. The number of rotatable bonds is 5. The summed E-state index contributed by atoms with van der Waals surface area (Å²) in [4.78, 5) is 35.3. The molecule has 4 aromatic rings. The summed E-state index contributed by atoms with van der Waals surface area (Å²) >= 11 is 6.09. The Balaban J connectivity index is 1.40. The number of aromatic nitrogens is 1. The van der Waals surface area contributed by atoms with Gasteiger partial charge in [0.1, 0.15) is 11.6 Å². The van der Waals surface area contributed by atoms with Crippen LogP contribution in [0.25, 0.3) is 11.0 Å². The van der Waals surface area contributed by atoms with Gasteiger partial charge in [-0.2, -0.15) is 0 Å². The monoisotopic (exact) mass is 513 g/mol. The van der Waals surface area contributed by atoms with E-state index in [2.05, 4.69) is 9.88 Å². The molecule has 1 atom stereocenters. The van der Waals surface area contributed by atoms with Crippen LogP contribution in [-0.2, 0) is 4.79 Å². The van der Waals surface area contributed by atoms with Gasteiger partial charge in [-0.05, 0) is 79.9 Å². The molecule has 37 heavy (non-hydrogen) atoms. The van der Waals surface area contributed by atoms with Crippen LogP contribution in [0.5, 0.6) is 0 Å². The van der Waals surface area contributed by atoms with Gasteiger partial charge < -0.3 is 14.4 Å². The van der Waals surface area contributed by atoms with Gasteiger partial charge in [-0.1, -0.05) is 17.7 Å². The van der Waals surface area contributed by atoms with E-state index in [1.165, 1.54) is 11.3 Å². The van der Waals surface area contributed by atoms with Crippen molar-refractivity contribution in [3.63, 3.8) is 0 Å². The number of amides is 1. The first-order valence-corrected chi connectivity index (χ1v) is 12.7. The molecule has 2 aliphatic rings. The number of halogens is 1. The molecule has 0 radical (unpaired) electrons. The third kappa shape index (κ3) is 4.15. The van der Waals surface area contributed by atoms with Gasteiger partial charge in [-0.15, -0.1) is 0 Å². The van der Waals surface area contributed by atoms with Crippen molar-refractivity contribution < 1.29 is 19.1 Å². The molecular weight excluding hydrogens is 490 g/mol. The predicted molar refractivity (Wildman–Crippen MR) is 142 cm³/mol. The molecule has 1 unspecified atom stereocenters. The molecule has 2 aromatic heterocycles. The number of furan rings is 1. The lowest BCUT2D eigenvalue weighted by Gasteiger charge is -2.30. The van der Waals surface area contributed by atoms with E-state index in [1.807, 2.05) is 24.3 Å². The van der Waals surface area contributed by atoms with Gasteiger partial charge in [0, 0.05) is 41.1 Å². The molecule has 0 spiro atoms. The lowest BCUT2D eigenvalue weighted by atomic mass is 9.98. The molecule has 0 aliphatic carbocycles. The van der Waals surface area contributed by atoms with Gasteiger partial charge in [-0.3, -0.25) is 19.5 Å². The first kappa shape index (κ1) is 23.3. The number of fused-ring (bicyclic) bond motifs is 1. The van der Waals surface area contributed by atoms with Crippen molar-refractivity contribution in [2.75, 3.05) is 22.9 Å². The topological polar surface area (TPSA) is 86.9 Å². The van der Waals surface area contributed by atoms with Gasteiger partial charge in [0.15, 0.2) is 11.5 Å². The third-order valence-electron chi connectivity index (χ3n) is 6.97. The fourth-order valence-electron chi connectivity index (χ4n) is 5.16. The predicted octanol–water partition coefficient (Wildman–Crippen LogP) is 6.25. The fraction of sp³-hybridized carbons (Fsp3) is 0.207. The molecule has 1 N–H and O–H groups in total. The number of pyridine rings is 1. The number of anilines is 2. The zero-order valence-corrected chi connectivity index (χ0v) is 20.7. The Morgan fingerprint density at radius 3 is 2.46 bits per heavy atom. The number of hydrogen-bond donors (Lipinski definition) is 1. The lowest BCUT2D eigenvalue weighted by Crippen LogP contribution is -2.32. The Bertz CT molecular complexity index is 1520. The SMILES string of the molecule is O=C(C1=C(O)C(=O)N(c2ccc(N3CCCCC3)cc2)C1c1ccccn1)c1cc2cc(Cl)ccc2o1. The summed E-state index contributed by atoms with van der Waals surface area (Å²) in [6.07, 6.45) is 5.15. The Kier molecular flexibility index (Phi) is 5.93. The average molecular weight is 514 g/mol. The highest BCUT2D eigenvalue weighted by Crippen LogP contribution is 2.42. The van der Waals surface area contributed by atoms with E-state index < -0.39 is 23.5 Å². The normalized spacial score (nSPS) is 18.2. The highest BCUT2D eigenvalue weighted by molar-refractivity contribution is 6.31. The molecule has 6 rings (SSSR count). The van der Waals surface area contributed by atoms with Crippen LogP contribution in [-0.4, -0.2) is 34.9 Å². The molecule has 4 heterocycles. The molecule has 186 valence electrons. The summed E-state index contributed by atoms with van der Waals surface area (Å²) in [6.45, 7) is 2.00. The van der Waals surface area contributed by atoms with Gasteiger partial charge in [0.05, 0.1) is 11.3 Å². The Morgan fingerprint density at radius 1 is 0.973 bits per heavy atom. The molecule has 2 aliphatic heterocycles. The van der Waals surface area contributed by atoms with Crippen LogP contribution in [0.4, 0.5) is 11.4 Å². The van der Waals surface area contributed by atoms with Gasteiger partial charge in [-0.25, -0.2) is 0 Å². The minimum absolute atomic E-state index is 0.00912. The number of carbonyl (C=O) groups is 2. The summed E-state index contributed by atoms with van der Waals surface area (Å²) in [7, 11) is 0. The van der Waals surface area contributed by atoms with Crippen molar-refractivity contribution in [3.05, 3.63) is 101 Å². The number of hydrogen-bond acceptors (Lipinski definition) is 6. The highest BCUT2D eigenvalue weighted by Gasteiger charge is 2.46. The molecule has 1 amide bonds. The van der Waals surface area contributed by atoms with E-state index in [0.717, 1.165) is 31.6 Å². The fourth-order valence-corrected chi connectivity index (χ4v) is 5.34. The first-order valence-electron chi connectivity index (χ1n) is 12.3. The van der Waals surface area contributed by atoms with Crippen LogP contribution in [0.15, 0.2) is 88.7 Å². The number of aliphatic hydroxyl groups is 1. The molecular formula is C29H24ClN3O4. The zero-order valence-electron chi connectivity index (χ0n) is 19.9. The molecule has 2 aromatic carbocycles. The molecule has 1 fully saturated rings. The Morgan fingerprint density at radius 2 is 1.73 bits per heavy atom. The molecule has 0 bridgehead atoms. The molecule has 1 saturated heterocycles. The van der Waals surface area contributed by atoms with E-state index in [4.69, 9.17) is 16.0 Å². The summed E-state index contributed by atoms with van der Waals surface area (Å²) < 4.78 is 5.78. The van der Waals surface area contributed by atoms with Crippen molar-refractivity contribution in [2.24, 2.45) is 0 Å². The number of ketones is 1. The van der Waals surface area contributed by atoms with Gasteiger partial charge in [0.2, 0.25) is 5.78 Å². The maximum Gasteiger partial charge on any atom is 0.294 e. The summed E-state index contributed by atoms with van der Waals surface area (Å²) in [6, 6.07) is 18.6. The van der Waals surface area contributed by atoms with E-state index >= 15 is 0 Å². The largest absolute Gasteiger partial charge is 0.503 e. The van der Waals surface area contributed by atoms with Gasteiger partial charge >= 0.3 is 0 Å². The van der Waals surface area contributed by atoms with Crippen LogP contribution < -0.4 is 9.80 Å². The van der Waals surface area contributed by atoms with Crippen LogP contribution in [0.3, 0.4) is 0 Å². The maximum absolute atomic E-state index is 13.7. The standard InChI is InChI=1S/C29H24ClN3O4/c30-19-7-12-23-18(16-19)17-24(37-23)27(34)25-26(22-6-2-3-13-31-22)33(29(36)28(25)35)21-10-8-20(9-11-21)32-14-4-1-5-15-32/h2-3,6-13,16-17,26,35H,1,4-5,14-15H2. The number of benzene rings is 2. The second kappa shape index (κ2) is 9.41. The van der Waals surface area contributed by atoms with Gasteiger partial charge in [0.25, 0.3) is 5.91 Å². The highest BCUT2D eigenvalue weighted by atomic mass is 35.5. The summed E-state index contributed by atoms with van der Waals surface area (Å²) in [5.41, 5.74) is 2.51. The van der Waals surface area contributed by atoms with Crippen molar-refractivity contribution in [3.8, 4) is 0 Å². The minimum atomic E-state index is -0.918. The van der Waals surface area contributed by atoms with E-state index in [-0.39, 0.29) is 11.3 Å². The Hall–Kier alpha value is -4.10. The summed E-state index contributed by atoms with van der Waals surface area (Å²) in [5.74, 6) is -1.85. The number of Topliss-reactive ketones (excluding diaryl/α,β-unsaturated/α-hetero) is 1. The van der Waals surface area contributed by atoms with Crippen molar-refractivity contribution in [1.82, 2.24) is 4.98 Å². The van der Waals surface area contributed by atoms with Crippen molar-refractivity contribution >= 4 is 45.6 Å². The number of aliphatic hydroxyl groups excluding tert-OH is 1. The third-order valence-corrected chi connectivity index (χ3v) is 7.21. The number of carbonyl (C=O) groups excluding carboxylic acids is 2. The molecule has 7 nitrogen and oxygen atoms in total. The van der Waals surface area contributed by atoms with Crippen molar-refractivity contribution in [2.45, 2.75) is 25.3 Å². The van der Waals surface area contributed by atoms with Crippen LogP contribution in [0.2, 0.25) is 5.02 Å². The average Bonchev–Trinajstić information content (AvgIpc) is 3.47. The second-order valence-corrected chi connectivity index (χ2v) is 9.72. The minimum Gasteiger partial charge on any atom is -0.503 e. The lowest BCUT2D eigenvalue weighted by molar-refractivity contribution is -0.117. The van der Waals surface area contributed by atoms with E-state index in [0.29, 0.717) is 27.4 Å². The van der Waals surface area contributed by atoms with Crippen LogP contribution >= 0.6 is 11.6 Å². The number of nitrogens with zero attached hydrogens (tertiary/aromatic N) is 3. The van der Waals surface area contributed by atoms with E-state index in [1.54, 1.807) is 48.7 Å². The van der Waals surface area contributed by atoms with E-state index in [9.17, 15) is 14.7 Å². The quantitative estimate of drug-likeness (QED) is 0.317. The smallest absolute Gasteiger partial charge is 0.294 e. The number of piperidine rings is 1. The van der Waals surface area contributed by atoms with Crippen LogP contribution in [0.1, 0.15) is 41.6 Å². The second-order valence-electron chi connectivity index (χ2n) is 9.28. The van der Waals surface area contributed by atoms with Crippen LogP contribution in [0, 0.1) is 0 Å². The first-order chi connectivity index (χ1) is 18.0. The molecule has 0 saturated carbocycles. The Labute approximate surface area is 218 Å². The summed E-state index contributed by atoms with van der Waals surface area (Å²) in [5, 5.41) is 12.2.